The highest BCUT2D eigenvalue weighted by molar-refractivity contribution is 6.30. The quantitative estimate of drug-likeness (QED) is 0.874. The molecule has 0 spiro atoms. The Morgan fingerprint density at radius 3 is 2.84 bits per heavy atom. The van der Waals surface area contributed by atoms with Gasteiger partial charge >= 0.3 is 0 Å². The van der Waals surface area contributed by atoms with Crippen molar-refractivity contribution in [1.82, 2.24) is 5.32 Å². The molecule has 0 amide bonds. The standard InChI is InChI=1S/C16H25ClN2/c1-12(2)10-18-11-14-9-15(17)6-7-16(14)19-8-4-5-13(19)3/h6-7,9,12-13,18H,4-5,8,10-11H2,1-3H3. The van der Waals surface area contributed by atoms with E-state index in [0.717, 1.165) is 18.1 Å². The Kier molecular flexibility index (Phi) is 5.12. The third kappa shape index (κ3) is 3.87. The molecule has 1 unspecified atom stereocenters. The molecule has 0 aromatic heterocycles. The van der Waals surface area contributed by atoms with Gasteiger partial charge in [0.1, 0.15) is 0 Å². The van der Waals surface area contributed by atoms with E-state index in [1.165, 1.54) is 30.6 Å². The second kappa shape index (κ2) is 6.62. The maximum absolute atomic E-state index is 6.16. The number of nitrogens with one attached hydrogen (secondary N) is 1. The van der Waals surface area contributed by atoms with Gasteiger partial charge in [-0.1, -0.05) is 25.4 Å². The summed E-state index contributed by atoms with van der Waals surface area (Å²) in [4.78, 5) is 2.52. The smallest absolute Gasteiger partial charge is 0.0415 e. The molecular formula is C16H25ClN2. The number of benzene rings is 1. The lowest BCUT2D eigenvalue weighted by atomic mass is 10.1. The highest BCUT2D eigenvalue weighted by Gasteiger charge is 2.22. The lowest BCUT2D eigenvalue weighted by molar-refractivity contribution is 0.551. The molecule has 3 heteroatoms. The molecule has 1 heterocycles. The van der Waals surface area contributed by atoms with E-state index in [2.05, 4.69) is 43.1 Å². The summed E-state index contributed by atoms with van der Waals surface area (Å²) in [5.41, 5.74) is 2.67. The zero-order chi connectivity index (χ0) is 13.8. The molecule has 1 atom stereocenters. The molecule has 1 saturated heterocycles. The number of anilines is 1. The second-order valence-corrected chi connectivity index (χ2v) is 6.42. The molecule has 2 nitrogen and oxygen atoms in total. The molecule has 106 valence electrons. The number of rotatable bonds is 5. The Balaban J connectivity index is 2.13. The topological polar surface area (TPSA) is 15.3 Å². The minimum absolute atomic E-state index is 0.644. The third-order valence-corrected chi connectivity index (χ3v) is 4.01. The summed E-state index contributed by atoms with van der Waals surface area (Å²) in [6.07, 6.45) is 2.59. The summed E-state index contributed by atoms with van der Waals surface area (Å²) >= 11 is 6.16. The van der Waals surface area contributed by atoms with Crippen LogP contribution in [0.25, 0.3) is 0 Å². The van der Waals surface area contributed by atoms with Crippen LogP contribution in [0, 0.1) is 5.92 Å². The molecule has 1 aliphatic heterocycles. The molecule has 0 aliphatic carbocycles. The first-order valence-electron chi connectivity index (χ1n) is 7.33. The van der Waals surface area contributed by atoms with Gasteiger partial charge < -0.3 is 10.2 Å². The average Bonchev–Trinajstić information content (AvgIpc) is 2.75. The zero-order valence-corrected chi connectivity index (χ0v) is 13.0. The van der Waals surface area contributed by atoms with Crippen molar-refractivity contribution < 1.29 is 0 Å². The van der Waals surface area contributed by atoms with Crippen LogP contribution in [-0.4, -0.2) is 19.1 Å². The molecule has 2 rings (SSSR count). The Morgan fingerprint density at radius 1 is 1.42 bits per heavy atom. The SMILES string of the molecule is CC(C)CNCc1cc(Cl)ccc1N1CCCC1C. The molecule has 0 bridgehead atoms. The molecule has 0 radical (unpaired) electrons. The predicted molar refractivity (Wildman–Crippen MR) is 84.0 cm³/mol. The maximum atomic E-state index is 6.16. The van der Waals surface area contributed by atoms with Gasteiger partial charge in [0.05, 0.1) is 0 Å². The molecule has 1 N–H and O–H groups in total. The van der Waals surface area contributed by atoms with Crippen LogP contribution in [0.15, 0.2) is 18.2 Å². The van der Waals surface area contributed by atoms with Gasteiger partial charge in [0, 0.05) is 29.8 Å². The normalized spacial score (nSPS) is 19.4. The Hall–Kier alpha value is -0.730. The first-order chi connectivity index (χ1) is 9.08. The fourth-order valence-corrected chi connectivity index (χ4v) is 2.96. The van der Waals surface area contributed by atoms with Crippen LogP contribution in [0.2, 0.25) is 5.02 Å². The van der Waals surface area contributed by atoms with E-state index < -0.39 is 0 Å². The Bertz CT molecular complexity index is 417. The van der Waals surface area contributed by atoms with Crippen molar-refractivity contribution in [2.75, 3.05) is 18.0 Å². The molecule has 1 fully saturated rings. The van der Waals surface area contributed by atoms with Gasteiger partial charge in [0.2, 0.25) is 0 Å². The molecule has 19 heavy (non-hydrogen) atoms. The van der Waals surface area contributed by atoms with E-state index in [1.807, 2.05) is 6.07 Å². The third-order valence-electron chi connectivity index (χ3n) is 3.77. The minimum atomic E-state index is 0.644. The van der Waals surface area contributed by atoms with Crippen molar-refractivity contribution in [3.8, 4) is 0 Å². The highest BCUT2D eigenvalue weighted by Crippen LogP contribution is 2.30. The van der Waals surface area contributed by atoms with Crippen molar-refractivity contribution in [3.63, 3.8) is 0 Å². The zero-order valence-electron chi connectivity index (χ0n) is 12.2. The van der Waals surface area contributed by atoms with Gasteiger partial charge in [-0.15, -0.1) is 0 Å². The first kappa shape index (κ1) is 14.7. The maximum Gasteiger partial charge on any atom is 0.0415 e. The van der Waals surface area contributed by atoms with Crippen LogP contribution in [0.3, 0.4) is 0 Å². The van der Waals surface area contributed by atoms with E-state index in [9.17, 15) is 0 Å². The van der Waals surface area contributed by atoms with Gasteiger partial charge in [-0.25, -0.2) is 0 Å². The van der Waals surface area contributed by atoms with E-state index >= 15 is 0 Å². The van der Waals surface area contributed by atoms with Crippen LogP contribution in [0.5, 0.6) is 0 Å². The van der Waals surface area contributed by atoms with Crippen LogP contribution < -0.4 is 10.2 Å². The fraction of sp³-hybridized carbons (Fsp3) is 0.625. The number of halogens is 1. The van der Waals surface area contributed by atoms with Crippen molar-refractivity contribution in [1.29, 1.82) is 0 Å². The molecule has 1 aliphatic rings. The van der Waals surface area contributed by atoms with Crippen molar-refractivity contribution >= 4 is 17.3 Å². The number of nitrogens with zero attached hydrogens (tertiary/aromatic N) is 1. The molecule has 1 aromatic carbocycles. The molecule has 1 aromatic rings. The summed E-state index contributed by atoms with van der Waals surface area (Å²) in [6, 6.07) is 6.93. The predicted octanol–water partition coefficient (Wildman–Crippen LogP) is 4.07. The van der Waals surface area contributed by atoms with Gasteiger partial charge in [-0.05, 0) is 56.0 Å². The van der Waals surface area contributed by atoms with Gasteiger partial charge in [-0.3, -0.25) is 0 Å². The van der Waals surface area contributed by atoms with Crippen molar-refractivity contribution in [2.24, 2.45) is 5.92 Å². The molecule has 0 saturated carbocycles. The molecular weight excluding hydrogens is 256 g/mol. The summed E-state index contributed by atoms with van der Waals surface area (Å²) in [7, 11) is 0. The monoisotopic (exact) mass is 280 g/mol. The Morgan fingerprint density at radius 2 is 2.21 bits per heavy atom. The lowest BCUT2D eigenvalue weighted by Crippen LogP contribution is -2.28. The summed E-state index contributed by atoms with van der Waals surface area (Å²) in [5, 5.41) is 4.35. The first-order valence-corrected chi connectivity index (χ1v) is 7.71. The second-order valence-electron chi connectivity index (χ2n) is 5.98. The summed E-state index contributed by atoms with van der Waals surface area (Å²) in [6.45, 7) is 9.88. The Labute approximate surface area is 122 Å². The minimum Gasteiger partial charge on any atom is -0.369 e. The van der Waals surface area contributed by atoms with E-state index in [1.54, 1.807) is 0 Å². The van der Waals surface area contributed by atoms with Crippen molar-refractivity contribution in [2.45, 2.75) is 46.2 Å². The number of hydrogen-bond donors (Lipinski definition) is 1. The fourth-order valence-electron chi connectivity index (χ4n) is 2.76. The van der Waals surface area contributed by atoms with Gasteiger partial charge in [-0.2, -0.15) is 0 Å². The summed E-state index contributed by atoms with van der Waals surface area (Å²) < 4.78 is 0. The van der Waals surface area contributed by atoms with Crippen molar-refractivity contribution in [3.05, 3.63) is 28.8 Å². The van der Waals surface area contributed by atoms with Crippen LogP contribution in [0.1, 0.15) is 39.2 Å². The van der Waals surface area contributed by atoms with Crippen LogP contribution >= 0.6 is 11.6 Å². The van der Waals surface area contributed by atoms with Gasteiger partial charge in [0.25, 0.3) is 0 Å². The highest BCUT2D eigenvalue weighted by atomic mass is 35.5. The average molecular weight is 281 g/mol. The van der Waals surface area contributed by atoms with E-state index in [0.29, 0.717) is 12.0 Å². The lowest BCUT2D eigenvalue weighted by Gasteiger charge is -2.27. The summed E-state index contributed by atoms with van der Waals surface area (Å²) in [5.74, 6) is 0.674. The van der Waals surface area contributed by atoms with Gasteiger partial charge in [0.15, 0.2) is 0 Å². The van der Waals surface area contributed by atoms with E-state index in [-0.39, 0.29) is 0 Å². The number of hydrogen-bond acceptors (Lipinski definition) is 2. The van der Waals surface area contributed by atoms with Crippen LogP contribution in [-0.2, 0) is 6.54 Å². The largest absolute Gasteiger partial charge is 0.369 e. The van der Waals surface area contributed by atoms with Crippen LogP contribution in [0.4, 0.5) is 5.69 Å². The van der Waals surface area contributed by atoms with E-state index in [4.69, 9.17) is 11.6 Å².